The summed E-state index contributed by atoms with van der Waals surface area (Å²) in [6.45, 7) is 8.02. The van der Waals surface area contributed by atoms with Gasteiger partial charge in [0.2, 0.25) is 0 Å². The molecular formula is C23H34N4O. The Kier molecular flexibility index (Phi) is 7.88. The Labute approximate surface area is 169 Å². The molecule has 152 valence electrons. The Bertz CT molecular complexity index is 749. The highest BCUT2D eigenvalue weighted by molar-refractivity contribution is 6.05. The van der Waals surface area contributed by atoms with Gasteiger partial charge in [-0.3, -0.25) is 4.79 Å². The Balaban J connectivity index is 0.00000280. The number of para-hydroxylation sites is 2. The van der Waals surface area contributed by atoms with Crippen LogP contribution < -0.4 is 16.4 Å². The average Bonchev–Trinajstić information content (AvgIpc) is 2.65. The van der Waals surface area contributed by atoms with Crippen LogP contribution >= 0.6 is 0 Å². The van der Waals surface area contributed by atoms with Crippen molar-refractivity contribution in [1.29, 1.82) is 0 Å². The fraction of sp³-hybridized carbons (Fsp3) is 0.435. The van der Waals surface area contributed by atoms with Crippen molar-refractivity contribution < 1.29 is 4.79 Å². The molecule has 1 fully saturated rings. The summed E-state index contributed by atoms with van der Waals surface area (Å²) >= 11 is 0. The van der Waals surface area contributed by atoms with Gasteiger partial charge in [0.15, 0.2) is 0 Å². The lowest BCUT2D eigenvalue weighted by molar-refractivity contribution is 0.102. The first-order valence-corrected chi connectivity index (χ1v) is 9.76. The zero-order chi connectivity index (χ0) is 19.2. The highest BCUT2D eigenvalue weighted by Gasteiger charge is 2.19. The maximum Gasteiger partial charge on any atom is 0.255 e. The van der Waals surface area contributed by atoms with Gasteiger partial charge in [0.1, 0.15) is 0 Å². The zero-order valence-electron chi connectivity index (χ0n) is 16.2. The number of nitrogens with two attached hydrogens (primary N) is 1. The van der Waals surface area contributed by atoms with E-state index < -0.39 is 0 Å². The number of carbonyl (C=O) groups is 1. The molecule has 0 aliphatic carbocycles. The summed E-state index contributed by atoms with van der Waals surface area (Å²) in [5.74, 6) is 0.570. The molecule has 0 aromatic heterocycles. The van der Waals surface area contributed by atoms with Crippen LogP contribution in [-0.4, -0.2) is 36.5 Å². The molecule has 1 aliphatic heterocycles. The van der Waals surface area contributed by atoms with Gasteiger partial charge in [-0.05, 0) is 55.2 Å². The fourth-order valence-corrected chi connectivity index (χ4v) is 3.54. The van der Waals surface area contributed by atoms with Crippen molar-refractivity contribution in [2.24, 2.45) is 5.92 Å². The Morgan fingerprint density at radius 1 is 1.11 bits per heavy atom. The molecule has 28 heavy (non-hydrogen) atoms. The second-order valence-electron chi connectivity index (χ2n) is 7.73. The third-order valence-electron chi connectivity index (χ3n) is 4.94. The van der Waals surface area contributed by atoms with Gasteiger partial charge in [-0.1, -0.05) is 33.4 Å². The van der Waals surface area contributed by atoms with E-state index in [1.807, 2.05) is 36.4 Å². The fourth-order valence-electron chi connectivity index (χ4n) is 3.54. The maximum atomic E-state index is 12.4. The van der Waals surface area contributed by atoms with E-state index in [4.69, 9.17) is 5.73 Å². The number of carbonyl (C=O) groups excluding carboxylic acids is 1. The van der Waals surface area contributed by atoms with E-state index in [1.54, 1.807) is 12.1 Å². The lowest BCUT2D eigenvalue weighted by Crippen LogP contribution is -2.40. The Morgan fingerprint density at radius 2 is 1.75 bits per heavy atom. The van der Waals surface area contributed by atoms with E-state index in [-0.39, 0.29) is 13.3 Å². The third kappa shape index (κ3) is 5.99. The average molecular weight is 383 g/mol. The Morgan fingerprint density at radius 3 is 2.36 bits per heavy atom. The standard InChI is InChI=1S/C22H30N4O.CH4/c1-16(2)15-26-13-11-19(12-14-26)24-18-9-7-17(8-10-18)22(27)25-21-6-4-3-5-20(21)23;/h3-10,16,19,24H,11-15,23H2,1-2H3,(H,25,27);1H4. The maximum absolute atomic E-state index is 12.4. The molecule has 3 rings (SSSR count). The van der Waals surface area contributed by atoms with Crippen LogP contribution in [0.1, 0.15) is 44.5 Å². The van der Waals surface area contributed by atoms with Gasteiger partial charge in [0.25, 0.3) is 5.91 Å². The van der Waals surface area contributed by atoms with E-state index in [9.17, 15) is 4.79 Å². The molecule has 0 radical (unpaired) electrons. The van der Waals surface area contributed by atoms with E-state index in [0.717, 1.165) is 37.5 Å². The molecule has 1 amide bonds. The predicted octanol–water partition coefficient (Wildman–Crippen LogP) is 4.69. The van der Waals surface area contributed by atoms with Gasteiger partial charge < -0.3 is 21.3 Å². The topological polar surface area (TPSA) is 70.4 Å². The number of rotatable bonds is 6. The minimum atomic E-state index is -0.151. The summed E-state index contributed by atoms with van der Waals surface area (Å²) in [4.78, 5) is 14.9. The van der Waals surface area contributed by atoms with Gasteiger partial charge >= 0.3 is 0 Å². The number of anilines is 3. The highest BCUT2D eigenvalue weighted by atomic mass is 16.1. The molecular weight excluding hydrogens is 348 g/mol. The van der Waals surface area contributed by atoms with Crippen LogP contribution in [0, 0.1) is 5.92 Å². The molecule has 1 saturated heterocycles. The third-order valence-corrected chi connectivity index (χ3v) is 4.94. The first-order chi connectivity index (χ1) is 13.0. The lowest BCUT2D eigenvalue weighted by Gasteiger charge is -2.33. The quantitative estimate of drug-likeness (QED) is 0.634. The molecule has 5 heteroatoms. The summed E-state index contributed by atoms with van der Waals surface area (Å²) in [5, 5.41) is 6.46. The summed E-state index contributed by atoms with van der Waals surface area (Å²) in [6.07, 6.45) is 2.31. The number of hydrogen-bond acceptors (Lipinski definition) is 4. The van der Waals surface area contributed by atoms with Crippen molar-refractivity contribution in [3.8, 4) is 0 Å². The van der Waals surface area contributed by atoms with Crippen LogP contribution in [0.3, 0.4) is 0 Å². The van der Waals surface area contributed by atoms with Crippen LogP contribution in [0.5, 0.6) is 0 Å². The molecule has 4 N–H and O–H groups in total. The number of nitrogens with one attached hydrogen (secondary N) is 2. The number of benzene rings is 2. The van der Waals surface area contributed by atoms with Crippen LogP contribution in [0.25, 0.3) is 0 Å². The van der Waals surface area contributed by atoms with Crippen molar-refractivity contribution in [2.75, 3.05) is 36.0 Å². The lowest BCUT2D eigenvalue weighted by atomic mass is 10.0. The molecule has 5 nitrogen and oxygen atoms in total. The van der Waals surface area contributed by atoms with Gasteiger partial charge in [-0.2, -0.15) is 0 Å². The first kappa shape index (κ1) is 21.8. The summed E-state index contributed by atoms with van der Waals surface area (Å²) in [6, 6.07) is 15.4. The monoisotopic (exact) mass is 382 g/mol. The molecule has 0 atom stereocenters. The van der Waals surface area contributed by atoms with Gasteiger partial charge in [0.05, 0.1) is 11.4 Å². The number of amides is 1. The summed E-state index contributed by atoms with van der Waals surface area (Å²) < 4.78 is 0. The SMILES string of the molecule is C.CC(C)CN1CCC(Nc2ccc(C(=O)Nc3ccccc3N)cc2)CC1. The number of nitrogens with zero attached hydrogens (tertiary/aromatic N) is 1. The van der Waals surface area contributed by atoms with Crippen LogP contribution in [0.2, 0.25) is 0 Å². The van der Waals surface area contributed by atoms with E-state index in [1.165, 1.54) is 6.54 Å². The molecule has 0 bridgehead atoms. The number of nitrogen functional groups attached to an aromatic ring is 1. The second-order valence-corrected chi connectivity index (χ2v) is 7.73. The van der Waals surface area contributed by atoms with Crippen molar-refractivity contribution in [1.82, 2.24) is 4.90 Å². The van der Waals surface area contributed by atoms with E-state index in [2.05, 4.69) is 29.4 Å². The minimum Gasteiger partial charge on any atom is -0.397 e. The van der Waals surface area contributed by atoms with Gasteiger partial charge in [-0.15, -0.1) is 0 Å². The summed E-state index contributed by atoms with van der Waals surface area (Å²) in [5.41, 5.74) is 8.77. The molecule has 0 unspecified atom stereocenters. The van der Waals surface area contributed by atoms with Crippen molar-refractivity contribution in [3.05, 3.63) is 54.1 Å². The van der Waals surface area contributed by atoms with E-state index >= 15 is 0 Å². The smallest absolute Gasteiger partial charge is 0.255 e. The zero-order valence-corrected chi connectivity index (χ0v) is 16.2. The van der Waals surface area contributed by atoms with Crippen molar-refractivity contribution in [2.45, 2.75) is 40.2 Å². The number of piperidine rings is 1. The van der Waals surface area contributed by atoms with Gasteiger partial charge in [-0.25, -0.2) is 0 Å². The number of likely N-dealkylation sites (tertiary alicyclic amines) is 1. The highest BCUT2D eigenvalue weighted by Crippen LogP contribution is 2.20. The minimum absolute atomic E-state index is 0. The normalized spacial score (nSPS) is 15.1. The molecule has 2 aromatic rings. The predicted molar refractivity (Wildman–Crippen MR) is 120 cm³/mol. The Hall–Kier alpha value is -2.53. The van der Waals surface area contributed by atoms with Crippen LogP contribution in [0.4, 0.5) is 17.1 Å². The van der Waals surface area contributed by atoms with E-state index in [0.29, 0.717) is 23.0 Å². The molecule has 0 saturated carbocycles. The van der Waals surface area contributed by atoms with Crippen LogP contribution in [-0.2, 0) is 0 Å². The molecule has 2 aromatic carbocycles. The van der Waals surface area contributed by atoms with Crippen molar-refractivity contribution >= 4 is 23.0 Å². The number of hydrogen-bond donors (Lipinski definition) is 3. The summed E-state index contributed by atoms with van der Waals surface area (Å²) in [7, 11) is 0. The molecule has 1 aliphatic rings. The van der Waals surface area contributed by atoms with Crippen molar-refractivity contribution in [3.63, 3.8) is 0 Å². The molecule has 0 spiro atoms. The first-order valence-electron chi connectivity index (χ1n) is 9.76. The van der Waals surface area contributed by atoms with Gasteiger partial charge in [0, 0.05) is 36.9 Å². The second kappa shape index (κ2) is 10.1. The largest absolute Gasteiger partial charge is 0.397 e. The van der Waals surface area contributed by atoms with Crippen LogP contribution in [0.15, 0.2) is 48.5 Å². The molecule has 1 heterocycles.